The Hall–Kier alpha value is -3.12. The van der Waals surface area contributed by atoms with Gasteiger partial charge in [-0.25, -0.2) is 4.68 Å². The Morgan fingerprint density at radius 2 is 2.00 bits per heavy atom. The van der Waals surface area contributed by atoms with Crippen LogP contribution in [0.15, 0.2) is 59.8 Å². The average molecular weight is 449 g/mol. The van der Waals surface area contributed by atoms with Crippen LogP contribution in [0.4, 0.5) is 5.95 Å². The van der Waals surface area contributed by atoms with Crippen LogP contribution in [0.25, 0.3) is 11.4 Å². The summed E-state index contributed by atoms with van der Waals surface area (Å²) in [5, 5.41) is 8.86. The molecule has 1 aliphatic carbocycles. The van der Waals surface area contributed by atoms with Crippen LogP contribution in [-0.2, 0) is 4.79 Å². The number of ketones is 1. The summed E-state index contributed by atoms with van der Waals surface area (Å²) in [5.41, 5.74) is 3.26. The number of fused-ring (bicyclic) bond motifs is 1. The number of hydrogen-bond acceptors (Lipinski definition) is 5. The van der Waals surface area contributed by atoms with Crippen molar-refractivity contribution in [3.05, 3.63) is 70.4 Å². The van der Waals surface area contributed by atoms with Gasteiger partial charge in [0.1, 0.15) is 11.8 Å². The van der Waals surface area contributed by atoms with Gasteiger partial charge in [-0.2, -0.15) is 4.98 Å². The van der Waals surface area contributed by atoms with E-state index in [1.54, 1.807) is 0 Å². The molecule has 6 nitrogen and oxygen atoms in total. The largest absolute Gasteiger partial charge is 0.494 e. The molecule has 0 fully saturated rings. The molecule has 3 aromatic rings. The van der Waals surface area contributed by atoms with Crippen molar-refractivity contribution in [2.45, 2.75) is 39.7 Å². The third-order valence-corrected chi connectivity index (χ3v) is 6.16. The summed E-state index contributed by atoms with van der Waals surface area (Å²) in [6.45, 7) is 6.73. The van der Waals surface area contributed by atoms with Crippen LogP contribution >= 0.6 is 11.6 Å². The van der Waals surface area contributed by atoms with Gasteiger partial charge < -0.3 is 10.1 Å². The van der Waals surface area contributed by atoms with Gasteiger partial charge in [0, 0.05) is 33.8 Å². The molecule has 2 aromatic carbocycles. The maximum Gasteiger partial charge on any atom is 0.226 e. The first-order valence-corrected chi connectivity index (χ1v) is 11.2. The minimum Gasteiger partial charge on any atom is -0.494 e. The number of aromatic nitrogens is 3. The molecule has 0 amide bonds. The minimum absolute atomic E-state index is 0.120. The van der Waals surface area contributed by atoms with Crippen molar-refractivity contribution in [2.24, 2.45) is 5.41 Å². The summed E-state index contributed by atoms with van der Waals surface area (Å²) < 4.78 is 7.74. The zero-order valence-corrected chi connectivity index (χ0v) is 19.1. The second kappa shape index (κ2) is 7.78. The van der Waals surface area contributed by atoms with E-state index in [9.17, 15) is 4.79 Å². The summed E-state index contributed by atoms with van der Waals surface area (Å²) in [6.07, 6.45) is 1.26. The van der Waals surface area contributed by atoms with Gasteiger partial charge in [-0.1, -0.05) is 55.8 Å². The molecule has 2 aliphatic rings. The Morgan fingerprint density at radius 1 is 1.19 bits per heavy atom. The van der Waals surface area contributed by atoms with Gasteiger partial charge in [0.2, 0.25) is 5.95 Å². The van der Waals surface area contributed by atoms with Gasteiger partial charge in [-0.15, -0.1) is 5.10 Å². The molecule has 0 radical (unpaired) electrons. The number of carbonyl (C=O) groups excluding carboxylic acids is 1. The lowest BCUT2D eigenvalue weighted by molar-refractivity contribution is -0.118. The lowest BCUT2D eigenvalue weighted by Crippen LogP contribution is -2.36. The van der Waals surface area contributed by atoms with Crippen molar-refractivity contribution >= 4 is 23.3 Å². The molecule has 5 rings (SSSR count). The highest BCUT2D eigenvalue weighted by molar-refractivity contribution is 6.30. The number of nitrogens with one attached hydrogen (secondary N) is 1. The Balaban J connectivity index is 1.71. The molecule has 0 saturated carbocycles. The molecule has 7 heteroatoms. The van der Waals surface area contributed by atoms with Crippen molar-refractivity contribution in [1.29, 1.82) is 0 Å². The van der Waals surface area contributed by atoms with Crippen LogP contribution in [0.1, 0.15) is 45.2 Å². The molecule has 0 saturated heterocycles. The van der Waals surface area contributed by atoms with E-state index >= 15 is 0 Å². The first kappa shape index (κ1) is 20.8. The zero-order chi connectivity index (χ0) is 22.5. The van der Waals surface area contributed by atoms with Gasteiger partial charge >= 0.3 is 0 Å². The number of hydrogen-bond donors (Lipinski definition) is 1. The smallest absolute Gasteiger partial charge is 0.226 e. The fourth-order valence-corrected chi connectivity index (χ4v) is 4.83. The normalized spacial score (nSPS) is 19.2. The van der Waals surface area contributed by atoms with Crippen LogP contribution in [0.5, 0.6) is 5.75 Å². The van der Waals surface area contributed by atoms with E-state index in [0.29, 0.717) is 29.8 Å². The number of para-hydroxylation sites is 1. The molecule has 32 heavy (non-hydrogen) atoms. The maximum absolute atomic E-state index is 13.4. The van der Waals surface area contributed by atoms with E-state index in [2.05, 4.69) is 19.2 Å². The Kier molecular flexibility index (Phi) is 5.05. The number of allylic oxidation sites excluding steroid dienone is 2. The van der Waals surface area contributed by atoms with E-state index in [1.165, 1.54) is 0 Å². The summed E-state index contributed by atoms with van der Waals surface area (Å²) in [7, 11) is 0. The molecule has 0 unspecified atom stereocenters. The van der Waals surface area contributed by atoms with E-state index < -0.39 is 6.04 Å². The number of anilines is 1. The van der Waals surface area contributed by atoms with Crippen LogP contribution in [0.2, 0.25) is 5.02 Å². The highest BCUT2D eigenvalue weighted by Gasteiger charge is 2.42. The van der Waals surface area contributed by atoms with Crippen molar-refractivity contribution < 1.29 is 9.53 Å². The minimum atomic E-state index is -0.409. The van der Waals surface area contributed by atoms with Crippen LogP contribution < -0.4 is 10.1 Å². The molecule has 164 valence electrons. The van der Waals surface area contributed by atoms with Crippen molar-refractivity contribution in [3.8, 4) is 17.1 Å². The molecule has 1 N–H and O–H groups in total. The number of rotatable bonds is 4. The number of Topliss-reactive ketones (excluding diaryl/α,β-unsaturated/α-hetero) is 1. The van der Waals surface area contributed by atoms with Crippen LogP contribution in [0.3, 0.4) is 0 Å². The number of halogens is 1. The Morgan fingerprint density at radius 3 is 2.78 bits per heavy atom. The number of benzene rings is 2. The molecular formula is C25H25ClN4O2. The Bertz CT molecular complexity index is 1240. The summed E-state index contributed by atoms with van der Waals surface area (Å²) >= 11 is 6.20. The molecule has 0 bridgehead atoms. The molecule has 2 heterocycles. The topological polar surface area (TPSA) is 69.0 Å². The lowest BCUT2D eigenvalue weighted by atomic mass is 9.73. The van der Waals surface area contributed by atoms with E-state index in [4.69, 9.17) is 26.4 Å². The van der Waals surface area contributed by atoms with Crippen molar-refractivity contribution in [1.82, 2.24) is 14.8 Å². The fraction of sp³-hybridized carbons (Fsp3) is 0.320. The number of ether oxygens (including phenoxy) is 1. The Labute approximate surface area is 192 Å². The highest BCUT2D eigenvalue weighted by Crippen LogP contribution is 2.47. The standard InChI is InChI=1S/C25H25ClN4O2/c1-4-32-20-11-6-5-10-17(20)22-21-18(13-25(2,3)14-19(21)31)27-24-28-23(29-30(22)24)15-8-7-9-16(26)12-15/h5-12,22H,4,13-14H2,1-3H3,(H,27,28,29)/t22-/m0/s1. The van der Waals surface area contributed by atoms with Gasteiger partial charge in [0.25, 0.3) is 0 Å². The monoisotopic (exact) mass is 448 g/mol. The summed E-state index contributed by atoms with van der Waals surface area (Å²) in [4.78, 5) is 18.2. The lowest BCUT2D eigenvalue weighted by Gasteiger charge is -2.38. The fourth-order valence-electron chi connectivity index (χ4n) is 4.64. The number of carbonyl (C=O) groups is 1. The maximum atomic E-state index is 13.4. The summed E-state index contributed by atoms with van der Waals surface area (Å²) in [5.74, 6) is 2.05. The van der Waals surface area contributed by atoms with E-state index in [-0.39, 0.29) is 11.2 Å². The zero-order valence-electron chi connectivity index (χ0n) is 18.4. The molecule has 1 aliphatic heterocycles. The van der Waals surface area contributed by atoms with Gasteiger partial charge in [0.15, 0.2) is 11.6 Å². The molecular weight excluding hydrogens is 424 g/mol. The first-order chi connectivity index (χ1) is 15.4. The highest BCUT2D eigenvalue weighted by atomic mass is 35.5. The van der Waals surface area contributed by atoms with Crippen molar-refractivity contribution in [3.63, 3.8) is 0 Å². The van der Waals surface area contributed by atoms with Gasteiger partial charge in [-0.3, -0.25) is 4.79 Å². The number of nitrogens with zero attached hydrogens (tertiary/aromatic N) is 3. The predicted octanol–water partition coefficient (Wildman–Crippen LogP) is 5.66. The van der Waals surface area contributed by atoms with Gasteiger partial charge in [-0.05, 0) is 37.0 Å². The second-order valence-electron chi connectivity index (χ2n) is 9.05. The van der Waals surface area contributed by atoms with E-state index in [0.717, 1.165) is 34.6 Å². The second-order valence-corrected chi connectivity index (χ2v) is 9.48. The third kappa shape index (κ3) is 3.58. The van der Waals surface area contributed by atoms with Crippen LogP contribution in [0, 0.1) is 5.41 Å². The molecule has 0 spiro atoms. The SMILES string of the molecule is CCOc1ccccc1[C@H]1C2=C(CC(C)(C)CC2=O)Nc2nc(-c3cccc(Cl)c3)nn21. The first-order valence-electron chi connectivity index (χ1n) is 10.8. The third-order valence-electron chi connectivity index (χ3n) is 5.93. The van der Waals surface area contributed by atoms with E-state index in [1.807, 2.05) is 60.1 Å². The molecule has 1 atom stereocenters. The van der Waals surface area contributed by atoms with Crippen molar-refractivity contribution in [2.75, 3.05) is 11.9 Å². The predicted molar refractivity (Wildman–Crippen MR) is 125 cm³/mol. The van der Waals surface area contributed by atoms with Gasteiger partial charge in [0.05, 0.1) is 6.61 Å². The summed E-state index contributed by atoms with van der Waals surface area (Å²) in [6, 6.07) is 14.9. The van der Waals surface area contributed by atoms with Crippen LogP contribution in [-0.4, -0.2) is 27.2 Å². The quantitative estimate of drug-likeness (QED) is 0.558. The average Bonchev–Trinajstić information content (AvgIpc) is 3.16. The molecule has 1 aromatic heterocycles.